The molecule has 4 heteroatoms. The lowest BCUT2D eigenvalue weighted by Gasteiger charge is -2.21. The minimum absolute atomic E-state index is 0.349. The molecule has 0 saturated heterocycles. The highest BCUT2D eigenvalue weighted by Gasteiger charge is 2.39. The van der Waals surface area contributed by atoms with Gasteiger partial charge in [-0.1, -0.05) is 27.2 Å². The first-order valence-electron chi connectivity index (χ1n) is 6.66. The SMILES string of the molecule is CCCCOC(=O)C(C)(C)C(=O)OCCC(C)C. The maximum atomic E-state index is 11.8. The van der Waals surface area contributed by atoms with Crippen LogP contribution in [0.25, 0.3) is 0 Å². The molecular formula is C14H26O4. The molecule has 0 unspecified atom stereocenters. The third-order valence-electron chi connectivity index (χ3n) is 2.68. The van der Waals surface area contributed by atoms with Gasteiger partial charge in [-0.2, -0.15) is 0 Å². The standard InChI is InChI=1S/C14H26O4/c1-6-7-9-17-12(15)14(4,5)13(16)18-10-8-11(2)3/h11H,6-10H2,1-5H3. The first kappa shape index (κ1) is 16.9. The summed E-state index contributed by atoms with van der Waals surface area (Å²) in [6.07, 6.45) is 2.56. The summed E-state index contributed by atoms with van der Waals surface area (Å²) in [5, 5.41) is 0. The summed E-state index contributed by atoms with van der Waals surface area (Å²) >= 11 is 0. The average Bonchev–Trinajstić information content (AvgIpc) is 2.28. The highest BCUT2D eigenvalue weighted by Crippen LogP contribution is 2.20. The summed E-state index contributed by atoms with van der Waals surface area (Å²) < 4.78 is 10.2. The van der Waals surface area contributed by atoms with Gasteiger partial charge in [-0.15, -0.1) is 0 Å². The number of hydrogen-bond acceptors (Lipinski definition) is 4. The molecule has 0 spiro atoms. The van der Waals surface area contributed by atoms with Gasteiger partial charge in [0.2, 0.25) is 0 Å². The minimum Gasteiger partial charge on any atom is -0.465 e. The zero-order valence-electron chi connectivity index (χ0n) is 12.2. The van der Waals surface area contributed by atoms with Crippen LogP contribution in [-0.4, -0.2) is 25.2 Å². The number of unbranched alkanes of at least 4 members (excludes halogenated alkanes) is 1. The molecule has 0 amide bonds. The Labute approximate surface area is 110 Å². The monoisotopic (exact) mass is 258 g/mol. The minimum atomic E-state index is -1.22. The van der Waals surface area contributed by atoms with Crippen LogP contribution in [0.4, 0.5) is 0 Å². The Morgan fingerprint density at radius 1 is 1.06 bits per heavy atom. The van der Waals surface area contributed by atoms with Gasteiger partial charge >= 0.3 is 11.9 Å². The Morgan fingerprint density at radius 2 is 1.56 bits per heavy atom. The van der Waals surface area contributed by atoms with E-state index in [9.17, 15) is 9.59 Å². The Balaban J connectivity index is 4.16. The second-order valence-electron chi connectivity index (χ2n) is 5.43. The molecule has 0 radical (unpaired) electrons. The quantitative estimate of drug-likeness (QED) is 0.381. The molecule has 0 saturated carbocycles. The van der Waals surface area contributed by atoms with Crippen molar-refractivity contribution in [2.24, 2.45) is 11.3 Å². The number of rotatable bonds is 8. The van der Waals surface area contributed by atoms with Crippen molar-refractivity contribution >= 4 is 11.9 Å². The summed E-state index contributed by atoms with van der Waals surface area (Å²) in [5.74, 6) is -0.549. The van der Waals surface area contributed by atoms with E-state index in [1.807, 2.05) is 6.92 Å². The molecule has 0 aromatic rings. The van der Waals surface area contributed by atoms with Crippen LogP contribution >= 0.6 is 0 Å². The first-order chi connectivity index (χ1) is 8.32. The number of carbonyl (C=O) groups is 2. The van der Waals surface area contributed by atoms with Gasteiger partial charge in [-0.25, -0.2) is 0 Å². The average molecular weight is 258 g/mol. The largest absolute Gasteiger partial charge is 0.465 e. The van der Waals surface area contributed by atoms with Crippen molar-refractivity contribution in [3.05, 3.63) is 0 Å². The maximum absolute atomic E-state index is 11.8. The van der Waals surface area contributed by atoms with E-state index < -0.39 is 17.4 Å². The van der Waals surface area contributed by atoms with Crippen molar-refractivity contribution < 1.29 is 19.1 Å². The molecule has 0 aliphatic carbocycles. The van der Waals surface area contributed by atoms with Crippen LogP contribution < -0.4 is 0 Å². The summed E-state index contributed by atoms with van der Waals surface area (Å²) in [4.78, 5) is 23.6. The van der Waals surface area contributed by atoms with Gasteiger partial charge in [0.1, 0.15) is 0 Å². The summed E-state index contributed by atoms with van der Waals surface area (Å²) in [5.41, 5.74) is -1.22. The van der Waals surface area contributed by atoms with E-state index >= 15 is 0 Å². The van der Waals surface area contributed by atoms with Crippen LogP contribution in [0.15, 0.2) is 0 Å². The molecule has 0 aromatic heterocycles. The number of esters is 2. The molecule has 0 fully saturated rings. The zero-order chi connectivity index (χ0) is 14.2. The van der Waals surface area contributed by atoms with E-state index in [1.165, 1.54) is 0 Å². The molecular weight excluding hydrogens is 232 g/mol. The molecule has 0 atom stereocenters. The van der Waals surface area contributed by atoms with Gasteiger partial charge in [0.25, 0.3) is 0 Å². The van der Waals surface area contributed by atoms with E-state index in [2.05, 4.69) is 13.8 Å². The molecule has 0 bridgehead atoms. The summed E-state index contributed by atoms with van der Waals surface area (Å²) in [6.45, 7) is 9.91. The van der Waals surface area contributed by atoms with Crippen molar-refractivity contribution in [2.75, 3.05) is 13.2 Å². The molecule has 106 valence electrons. The lowest BCUT2D eigenvalue weighted by molar-refractivity contribution is -0.170. The Hall–Kier alpha value is -1.06. The molecule has 18 heavy (non-hydrogen) atoms. The van der Waals surface area contributed by atoms with Crippen molar-refractivity contribution in [3.63, 3.8) is 0 Å². The lowest BCUT2D eigenvalue weighted by Crippen LogP contribution is -2.37. The predicted molar refractivity (Wildman–Crippen MR) is 70.1 cm³/mol. The van der Waals surface area contributed by atoms with Crippen LogP contribution in [0, 0.1) is 11.3 Å². The smallest absolute Gasteiger partial charge is 0.322 e. The predicted octanol–water partition coefficient (Wildman–Crippen LogP) is 2.95. The molecule has 0 rings (SSSR count). The van der Waals surface area contributed by atoms with Gasteiger partial charge in [0.15, 0.2) is 5.41 Å². The lowest BCUT2D eigenvalue weighted by atomic mass is 9.94. The third-order valence-corrected chi connectivity index (χ3v) is 2.68. The maximum Gasteiger partial charge on any atom is 0.322 e. The zero-order valence-corrected chi connectivity index (χ0v) is 12.2. The Kier molecular flexibility index (Phi) is 7.64. The molecule has 0 aliphatic rings. The van der Waals surface area contributed by atoms with E-state index in [1.54, 1.807) is 13.8 Å². The Morgan fingerprint density at radius 3 is 2.00 bits per heavy atom. The number of hydrogen-bond donors (Lipinski definition) is 0. The van der Waals surface area contributed by atoms with Crippen molar-refractivity contribution in [3.8, 4) is 0 Å². The molecule has 4 nitrogen and oxygen atoms in total. The van der Waals surface area contributed by atoms with Crippen LogP contribution in [0.1, 0.15) is 53.9 Å². The highest BCUT2D eigenvalue weighted by atomic mass is 16.6. The normalized spacial score (nSPS) is 11.4. The van der Waals surface area contributed by atoms with E-state index in [0.29, 0.717) is 19.1 Å². The summed E-state index contributed by atoms with van der Waals surface area (Å²) in [6, 6.07) is 0. The van der Waals surface area contributed by atoms with E-state index in [4.69, 9.17) is 9.47 Å². The fourth-order valence-corrected chi connectivity index (χ4v) is 1.14. The first-order valence-corrected chi connectivity index (χ1v) is 6.66. The second-order valence-corrected chi connectivity index (χ2v) is 5.43. The van der Waals surface area contributed by atoms with E-state index in [0.717, 1.165) is 19.3 Å². The Bertz CT molecular complexity index is 269. The van der Waals surface area contributed by atoms with Crippen molar-refractivity contribution in [1.29, 1.82) is 0 Å². The van der Waals surface area contributed by atoms with E-state index in [-0.39, 0.29) is 0 Å². The molecule has 0 aromatic carbocycles. The number of carbonyl (C=O) groups excluding carboxylic acids is 2. The van der Waals surface area contributed by atoms with Crippen LogP contribution in [0.3, 0.4) is 0 Å². The van der Waals surface area contributed by atoms with Gasteiger partial charge in [0.05, 0.1) is 13.2 Å². The fraction of sp³-hybridized carbons (Fsp3) is 0.857. The van der Waals surface area contributed by atoms with Gasteiger partial charge in [-0.3, -0.25) is 9.59 Å². The topological polar surface area (TPSA) is 52.6 Å². The van der Waals surface area contributed by atoms with Gasteiger partial charge in [0, 0.05) is 0 Å². The molecule has 0 aliphatic heterocycles. The third kappa shape index (κ3) is 6.03. The molecule has 0 heterocycles. The second kappa shape index (κ2) is 8.11. The fourth-order valence-electron chi connectivity index (χ4n) is 1.14. The van der Waals surface area contributed by atoms with Crippen LogP contribution in [-0.2, 0) is 19.1 Å². The number of ether oxygens (including phenoxy) is 2. The van der Waals surface area contributed by atoms with Gasteiger partial charge in [-0.05, 0) is 32.6 Å². The highest BCUT2D eigenvalue weighted by molar-refractivity contribution is 5.99. The molecule has 0 N–H and O–H groups in total. The van der Waals surface area contributed by atoms with Crippen LogP contribution in [0.2, 0.25) is 0 Å². The van der Waals surface area contributed by atoms with Crippen LogP contribution in [0.5, 0.6) is 0 Å². The van der Waals surface area contributed by atoms with Crippen molar-refractivity contribution in [1.82, 2.24) is 0 Å². The van der Waals surface area contributed by atoms with Crippen molar-refractivity contribution in [2.45, 2.75) is 53.9 Å². The van der Waals surface area contributed by atoms with Gasteiger partial charge < -0.3 is 9.47 Å². The summed E-state index contributed by atoms with van der Waals surface area (Å²) in [7, 11) is 0.